The highest BCUT2D eigenvalue weighted by Gasteiger charge is 2.42. The van der Waals surface area contributed by atoms with E-state index in [-0.39, 0.29) is 12.5 Å². The Morgan fingerprint density at radius 3 is 2.35 bits per heavy atom. The van der Waals surface area contributed by atoms with E-state index in [1.165, 1.54) is 12.0 Å². The summed E-state index contributed by atoms with van der Waals surface area (Å²) in [5.74, 6) is -0.584. The number of likely N-dealkylation sites (tertiary alicyclic amines) is 2. The largest absolute Gasteiger partial charge is 0.467 e. The number of hydrogen-bond donors (Lipinski definition) is 0. The summed E-state index contributed by atoms with van der Waals surface area (Å²) < 4.78 is 10.2. The molecule has 2 saturated heterocycles. The molecule has 7 nitrogen and oxygen atoms in total. The summed E-state index contributed by atoms with van der Waals surface area (Å²) in [6.45, 7) is 1.17. The standard InChI is InChI=1S/C19H24N2O5/c1-25-18(23)16-10-6-11-20(16)17(22)15-9-5-12-21(15)19(24)26-13-14-7-3-2-4-8-14/h2-4,7-8,15-16H,5-6,9-13H2,1H3/t15-,16-/m1/s1. The Morgan fingerprint density at radius 2 is 1.65 bits per heavy atom. The first-order valence-corrected chi connectivity index (χ1v) is 8.97. The van der Waals surface area contributed by atoms with Gasteiger partial charge >= 0.3 is 12.1 Å². The molecule has 2 amide bonds. The van der Waals surface area contributed by atoms with E-state index >= 15 is 0 Å². The Kier molecular flexibility index (Phi) is 5.75. The van der Waals surface area contributed by atoms with Crippen LogP contribution in [0.2, 0.25) is 0 Å². The maximum Gasteiger partial charge on any atom is 0.410 e. The zero-order valence-electron chi connectivity index (χ0n) is 14.9. The molecule has 1 aromatic rings. The number of hydrogen-bond acceptors (Lipinski definition) is 5. The maximum absolute atomic E-state index is 12.9. The van der Waals surface area contributed by atoms with Gasteiger partial charge in [0, 0.05) is 13.1 Å². The van der Waals surface area contributed by atoms with Crippen molar-refractivity contribution in [2.75, 3.05) is 20.2 Å². The molecule has 0 spiro atoms. The van der Waals surface area contributed by atoms with Gasteiger partial charge in [-0.15, -0.1) is 0 Å². The highest BCUT2D eigenvalue weighted by molar-refractivity contribution is 5.90. The molecule has 140 valence electrons. The predicted molar refractivity (Wildman–Crippen MR) is 93.1 cm³/mol. The second kappa shape index (κ2) is 8.21. The molecule has 0 bridgehead atoms. The Morgan fingerprint density at radius 1 is 1.00 bits per heavy atom. The Hall–Kier alpha value is -2.57. The van der Waals surface area contributed by atoms with Crippen molar-refractivity contribution in [2.24, 2.45) is 0 Å². The molecule has 1 aromatic carbocycles. The van der Waals surface area contributed by atoms with Crippen LogP contribution in [0.5, 0.6) is 0 Å². The predicted octanol–water partition coefficient (Wildman–Crippen LogP) is 1.95. The van der Waals surface area contributed by atoms with Crippen LogP contribution in [0.1, 0.15) is 31.2 Å². The third-order valence-corrected chi connectivity index (χ3v) is 4.99. The fraction of sp³-hybridized carbons (Fsp3) is 0.526. The average Bonchev–Trinajstić information content (AvgIpc) is 3.35. The van der Waals surface area contributed by atoms with Crippen LogP contribution in [-0.2, 0) is 25.7 Å². The topological polar surface area (TPSA) is 76.2 Å². The van der Waals surface area contributed by atoms with Crippen molar-refractivity contribution in [3.8, 4) is 0 Å². The quantitative estimate of drug-likeness (QED) is 0.767. The van der Waals surface area contributed by atoms with Gasteiger partial charge in [0.25, 0.3) is 0 Å². The second-order valence-electron chi connectivity index (χ2n) is 6.60. The van der Waals surface area contributed by atoms with Crippen molar-refractivity contribution in [3.63, 3.8) is 0 Å². The number of esters is 1. The summed E-state index contributed by atoms with van der Waals surface area (Å²) in [5.41, 5.74) is 0.897. The monoisotopic (exact) mass is 360 g/mol. The van der Waals surface area contributed by atoms with Crippen LogP contribution in [0.15, 0.2) is 30.3 Å². The van der Waals surface area contributed by atoms with E-state index in [1.807, 2.05) is 30.3 Å². The van der Waals surface area contributed by atoms with Gasteiger partial charge in [0.1, 0.15) is 18.7 Å². The van der Waals surface area contributed by atoms with Crippen molar-refractivity contribution in [1.82, 2.24) is 9.80 Å². The van der Waals surface area contributed by atoms with E-state index in [4.69, 9.17) is 9.47 Å². The number of benzene rings is 1. The lowest BCUT2D eigenvalue weighted by molar-refractivity contribution is -0.152. The number of amides is 2. The minimum absolute atomic E-state index is 0.172. The molecule has 0 unspecified atom stereocenters. The molecule has 0 aliphatic carbocycles. The third-order valence-electron chi connectivity index (χ3n) is 4.99. The minimum atomic E-state index is -0.566. The maximum atomic E-state index is 12.9. The lowest BCUT2D eigenvalue weighted by Gasteiger charge is -2.30. The van der Waals surface area contributed by atoms with Crippen molar-refractivity contribution in [2.45, 2.75) is 44.4 Å². The van der Waals surface area contributed by atoms with E-state index in [1.54, 1.807) is 4.90 Å². The van der Waals surface area contributed by atoms with Crippen LogP contribution < -0.4 is 0 Å². The van der Waals surface area contributed by atoms with Gasteiger partial charge in [0.15, 0.2) is 0 Å². The molecule has 2 fully saturated rings. The fourth-order valence-electron chi connectivity index (χ4n) is 3.65. The summed E-state index contributed by atoms with van der Waals surface area (Å²) in [5, 5.41) is 0. The highest BCUT2D eigenvalue weighted by atomic mass is 16.6. The van der Waals surface area contributed by atoms with E-state index in [0.717, 1.165) is 18.4 Å². The number of rotatable bonds is 4. The van der Waals surface area contributed by atoms with Crippen LogP contribution in [0.3, 0.4) is 0 Å². The van der Waals surface area contributed by atoms with Crippen molar-refractivity contribution < 1.29 is 23.9 Å². The highest BCUT2D eigenvalue weighted by Crippen LogP contribution is 2.26. The fourth-order valence-corrected chi connectivity index (χ4v) is 3.65. The van der Waals surface area contributed by atoms with E-state index in [9.17, 15) is 14.4 Å². The zero-order valence-corrected chi connectivity index (χ0v) is 14.9. The van der Waals surface area contributed by atoms with Gasteiger partial charge in [0.05, 0.1) is 7.11 Å². The first-order chi connectivity index (χ1) is 12.6. The SMILES string of the molecule is COC(=O)[C@H]1CCCN1C(=O)[C@H]1CCCN1C(=O)OCc1ccccc1. The van der Waals surface area contributed by atoms with Gasteiger partial charge in [-0.3, -0.25) is 9.69 Å². The van der Waals surface area contributed by atoms with Crippen molar-refractivity contribution >= 4 is 18.0 Å². The number of methoxy groups -OCH3 is 1. The first kappa shape index (κ1) is 18.2. The summed E-state index contributed by atoms with van der Waals surface area (Å²) in [6.07, 6.45) is 2.20. The molecule has 0 N–H and O–H groups in total. The first-order valence-electron chi connectivity index (χ1n) is 8.97. The van der Waals surface area contributed by atoms with Crippen molar-refractivity contribution in [1.29, 1.82) is 0 Å². The molecule has 2 aliphatic rings. The zero-order chi connectivity index (χ0) is 18.5. The molecule has 26 heavy (non-hydrogen) atoms. The van der Waals surface area contributed by atoms with E-state index in [0.29, 0.717) is 25.9 Å². The molecule has 0 aromatic heterocycles. The Bertz CT molecular complexity index is 663. The van der Waals surface area contributed by atoms with E-state index in [2.05, 4.69) is 0 Å². The van der Waals surface area contributed by atoms with Gasteiger partial charge < -0.3 is 14.4 Å². The number of nitrogens with zero attached hydrogens (tertiary/aromatic N) is 2. The van der Waals surface area contributed by atoms with Gasteiger partial charge in [0.2, 0.25) is 5.91 Å². The van der Waals surface area contributed by atoms with Crippen LogP contribution in [0.4, 0.5) is 4.79 Å². The Balaban J connectivity index is 1.62. The van der Waals surface area contributed by atoms with E-state index < -0.39 is 24.1 Å². The lowest BCUT2D eigenvalue weighted by Crippen LogP contribution is -2.51. The van der Waals surface area contributed by atoms with Crippen LogP contribution in [0.25, 0.3) is 0 Å². The van der Waals surface area contributed by atoms with Crippen LogP contribution in [0, 0.1) is 0 Å². The average molecular weight is 360 g/mol. The van der Waals surface area contributed by atoms with Crippen molar-refractivity contribution in [3.05, 3.63) is 35.9 Å². The number of carbonyl (C=O) groups excluding carboxylic acids is 3. The van der Waals surface area contributed by atoms with Gasteiger partial charge in [-0.1, -0.05) is 30.3 Å². The second-order valence-corrected chi connectivity index (χ2v) is 6.60. The van der Waals surface area contributed by atoms with Gasteiger partial charge in [-0.25, -0.2) is 9.59 Å². The lowest BCUT2D eigenvalue weighted by atomic mass is 10.1. The molecule has 2 heterocycles. The summed E-state index contributed by atoms with van der Waals surface area (Å²) >= 11 is 0. The summed E-state index contributed by atoms with van der Waals surface area (Å²) in [7, 11) is 1.33. The van der Waals surface area contributed by atoms with Crippen LogP contribution >= 0.6 is 0 Å². The van der Waals surface area contributed by atoms with Crippen LogP contribution in [-0.4, -0.2) is 60.1 Å². The molecular weight excluding hydrogens is 336 g/mol. The molecule has 0 saturated carbocycles. The minimum Gasteiger partial charge on any atom is -0.467 e. The third kappa shape index (κ3) is 3.81. The molecule has 3 rings (SSSR count). The molecule has 2 aliphatic heterocycles. The summed E-state index contributed by atoms with van der Waals surface area (Å²) in [4.78, 5) is 40.3. The molecular formula is C19H24N2O5. The number of ether oxygens (including phenoxy) is 2. The normalized spacial score (nSPS) is 22.3. The van der Waals surface area contributed by atoms with Gasteiger partial charge in [-0.05, 0) is 31.2 Å². The number of carbonyl (C=O) groups is 3. The Labute approximate surface area is 152 Å². The molecule has 7 heteroatoms. The molecule has 2 atom stereocenters. The van der Waals surface area contributed by atoms with Gasteiger partial charge in [-0.2, -0.15) is 0 Å². The molecule has 0 radical (unpaired) electrons. The smallest absolute Gasteiger partial charge is 0.410 e. The summed E-state index contributed by atoms with van der Waals surface area (Å²) in [6, 6.07) is 8.31.